The first kappa shape index (κ1) is 13.1. The molecule has 0 spiro atoms. The molecule has 0 amide bonds. The van der Waals surface area contributed by atoms with Gasteiger partial charge in [-0.25, -0.2) is 8.42 Å². The van der Waals surface area contributed by atoms with Gasteiger partial charge in [-0.15, -0.1) is 0 Å². The Hall–Kier alpha value is -1.34. The number of carbonyl (C=O) groups is 1. The summed E-state index contributed by atoms with van der Waals surface area (Å²) >= 11 is 0. The van der Waals surface area contributed by atoms with Crippen molar-refractivity contribution in [3.63, 3.8) is 0 Å². The second-order valence-corrected chi connectivity index (χ2v) is 6.69. The zero-order valence-corrected chi connectivity index (χ0v) is 11.1. The minimum absolute atomic E-state index is 0.0493. The van der Waals surface area contributed by atoms with Gasteiger partial charge in [0.1, 0.15) is 0 Å². The third kappa shape index (κ3) is 2.15. The van der Waals surface area contributed by atoms with Gasteiger partial charge in [-0.1, -0.05) is 6.92 Å². The number of aromatic nitrogens is 1. The summed E-state index contributed by atoms with van der Waals surface area (Å²) in [5.74, 6) is -1.72. The van der Waals surface area contributed by atoms with Gasteiger partial charge in [-0.2, -0.15) is 4.31 Å². The summed E-state index contributed by atoms with van der Waals surface area (Å²) in [6.45, 7) is 2.07. The third-order valence-corrected chi connectivity index (χ3v) is 5.15. The number of aliphatic carboxylic acids is 1. The largest absolute Gasteiger partial charge is 0.481 e. The lowest BCUT2D eigenvalue weighted by Gasteiger charge is -2.14. The molecule has 2 unspecified atom stereocenters. The average Bonchev–Trinajstić information content (AvgIpc) is 2.84. The van der Waals surface area contributed by atoms with Crippen LogP contribution in [0.5, 0.6) is 0 Å². The van der Waals surface area contributed by atoms with Gasteiger partial charge < -0.3 is 9.67 Å². The SMILES string of the molecule is CC1CN(S(=O)(=O)c2ccn(C)c2)CC1C(=O)O. The smallest absolute Gasteiger partial charge is 0.308 e. The first-order chi connectivity index (χ1) is 8.32. The van der Waals surface area contributed by atoms with Gasteiger partial charge in [0.2, 0.25) is 10.0 Å². The van der Waals surface area contributed by atoms with Crippen LogP contribution in [0.1, 0.15) is 6.92 Å². The molecule has 7 heteroatoms. The molecule has 2 rings (SSSR count). The first-order valence-electron chi connectivity index (χ1n) is 5.67. The van der Waals surface area contributed by atoms with Crippen LogP contribution in [0, 0.1) is 11.8 Å². The molecular formula is C11H16N2O4S. The van der Waals surface area contributed by atoms with E-state index >= 15 is 0 Å². The van der Waals surface area contributed by atoms with Crippen LogP contribution in [0.3, 0.4) is 0 Å². The van der Waals surface area contributed by atoms with E-state index in [0.717, 1.165) is 0 Å². The summed E-state index contributed by atoms with van der Waals surface area (Å²) in [4.78, 5) is 11.2. The molecular weight excluding hydrogens is 256 g/mol. The van der Waals surface area contributed by atoms with E-state index in [9.17, 15) is 13.2 Å². The van der Waals surface area contributed by atoms with E-state index in [1.54, 1.807) is 24.7 Å². The average molecular weight is 272 g/mol. The molecule has 1 N–H and O–H groups in total. The van der Waals surface area contributed by atoms with Crippen LogP contribution in [-0.2, 0) is 21.9 Å². The van der Waals surface area contributed by atoms with Gasteiger partial charge in [-0.3, -0.25) is 4.79 Å². The highest BCUT2D eigenvalue weighted by atomic mass is 32.2. The van der Waals surface area contributed by atoms with E-state index in [-0.39, 0.29) is 23.9 Å². The second kappa shape index (κ2) is 4.40. The number of rotatable bonds is 3. The van der Waals surface area contributed by atoms with Crippen LogP contribution in [0.15, 0.2) is 23.4 Å². The van der Waals surface area contributed by atoms with E-state index in [4.69, 9.17) is 5.11 Å². The predicted molar refractivity (Wildman–Crippen MR) is 64.5 cm³/mol. The molecule has 6 nitrogen and oxygen atoms in total. The number of carboxylic acids is 1. The van der Waals surface area contributed by atoms with Crippen molar-refractivity contribution in [3.8, 4) is 0 Å². The summed E-state index contributed by atoms with van der Waals surface area (Å²) < 4.78 is 27.5. The molecule has 100 valence electrons. The van der Waals surface area contributed by atoms with Gasteiger partial charge in [0, 0.05) is 32.5 Å². The molecule has 1 aromatic rings. The highest BCUT2D eigenvalue weighted by Crippen LogP contribution is 2.28. The van der Waals surface area contributed by atoms with Crippen molar-refractivity contribution in [1.29, 1.82) is 0 Å². The normalized spacial score (nSPS) is 25.4. The van der Waals surface area contributed by atoms with Crippen LogP contribution in [-0.4, -0.2) is 41.5 Å². The lowest BCUT2D eigenvalue weighted by atomic mass is 9.99. The Labute approximate surface area is 106 Å². The molecule has 1 fully saturated rings. The van der Waals surface area contributed by atoms with E-state index in [2.05, 4.69) is 0 Å². The number of carboxylic acid groups (broad SMARTS) is 1. The predicted octanol–water partition coefficient (Wildman–Crippen LogP) is 0.366. The van der Waals surface area contributed by atoms with E-state index in [0.29, 0.717) is 0 Å². The van der Waals surface area contributed by atoms with Gasteiger partial charge in [-0.05, 0) is 12.0 Å². The van der Waals surface area contributed by atoms with Crippen molar-refractivity contribution in [1.82, 2.24) is 8.87 Å². The molecule has 0 bridgehead atoms. The van der Waals surface area contributed by atoms with Gasteiger partial charge in [0.25, 0.3) is 0 Å². The number of aryl methyl sites for hydroxylation is 1. The fourth-order valence-electron chi connectivity index (χ4n) is 2.22. The maximum atomic E-state index is 12.3. The molecule has 0 aromatic carbocycles. The Morgan fingerprint density at radius 2 is 2.11 bits per heavy atom. The number of hydrogen-bond donors (Lipinski definition) is 1. The molecule has 18 heavy (non-hydrogen) atoms. The zero-order chi connectivity index (χ0) is 13.5. The molecule has 1 saturated heterocycles. The number of nitrogens with zero attached hydrogens (tertiary/aromatic N) is 2. The minimum Gasteiger partial charge on any atom is -0.481 e. The highest BCUT2D eigenvalue weighted by Gasteiger charge is 2.40. The molecule has 0 aliphatic carbocycles. The van der Waals surface area contributed by atoms with Gasteiger partial charge >= 0.3 is 5.97 Å². The Bertz CT molecular complexity index is 563. The maximum Gasteiger partial charge on any atom is 0.308 e. The summed E-state index contributed by atoms with van der Waals surface area (Å²) in [6.07, 6.45) is 3.18. The monoisotopic (exact) mass is 272 g/mol. The highest BCUT2D eigenvalue weighted by molar-refractivity contribution is 7.89. The second-order valence-electron chi connectivity index (χ2n) is 4.76. The van der Waals surface area contributed by atoms with E-state index < -0.39 is 21.9 Å². The molecule has 1 aliphatic rings. The fourth-order valence-corrected chi connectivity index (χ4v) is 3.84. The Morgan fingerprint density at radius 3 is 2.56 bits per heavy atom. The van der Waals surface area contributed by atoms with Crippen molar-refractivity contribution in [2.24, 2.45) is 18.9 Å². The summed E-state index contributed by atoms with van der Waals surface area (Å²) in [5, 5.41) is 9.02. The Kier molecular flexibility index (Phi) is 3.20. The zero-order valence-electron chi connectivity index (χ0n) is 10.3. The topological polar surface area (TPSA) is 79.6 Å². The standard InChI is InChI=1S/C11H16N2O4S/c1-8-5-13(7-10(8)11(14)15)18(16,17)9-3-4-12(2)6-9/h3-4,6,8,10H,5,7H2,1-2H3,(H,14,15). The van der Waals surface area contributed by atoms with Crippen molar-refractivity contribution in [3.05, 3.63) is 18.5 Å². The summed E-state index contributed by atoms with van der Waals surface area (Å²) in [6, 6.07) is 1.52. The third-order valence-electron chi connectivity index (χ3n) is 3.34. The Morgan fingerprint density at radius 1 is 1.44 bits per heavy atom. The van der Waals surface area contributed by atoms with Crippen LogP contribution < -0.4 is 0 Å². The van der Waals surface area contributed by atoms with Crippen LogP contribution in [0.25, 0.3) is 0 Å². The number of hydrogen-bond acceptors (Lipinski definition) is 3. The summed E-state index contributed by atoms with van der Waals surface area (Å²) in [7, 11) is -1.83. The number of sulfonamides is 1. The fraction of sp³-hybridized carbons (Fsp3) is 0.545. The molecule has 2 atom stereocenters. The minimum atomic E-state index is -3.57. The quantitative estimate of drug-likeness (QED) is 0.862. The van der Waals surface area contributed by atoms with Gasteiger partial charge in [0.15, 0.2) is 0 Å². The Balaban J connectivity index is 2.26. The maximum absolute atomic E-state index is 12.3. The molecule has 0 radical (unpaired) electrons. The van der Waals surface area contributed by atoms with Gasteiger partial charge in [0.05, 0.1) is 10.8 Å². The van der Waals surface area contributed by atoms with E-state index in [1.165, 1.54) is 16.6 Å². The van der Waals surface area contributed by atoms with Crippen molar-refractivity contribution >= 4 is 16.0 Å². The molecule has 1 aliphatic heterocycles. The molecule has 1 aromatic heterocycles. The molecule has 0 saturated carbocycles. The molecule has 2 heterocycles. The van der Waals surface area contributed by atoms with Crippen LogP contribution in [0.2, 0.25) is 0 Å². The summed E-state index contributed by atoms with van der Waals surface area (Å²) in [5.41, 5.74) is 0. The van der Waals surface area contributed by atoms with Crippen molar-refractivity contribution < 1.29 is 18.3 Å². The van der Waals surface area contributed by atoms with Crippen LogP contribution >= 0.6 is 0 Å². The van der Waals surface area contributed by atoms with E-state index in [1.807, 2.05) is 0 Å². The van der Waals surface area contributed by atoms with Crippen LogP contribution in [0.4, 0.5) is 0 Å². The lowest BCUT2D eigenvalue weighted by molar-refractivity contribution is -0.142. The van der Waals surface area contributed by atoms with Crippen molar-refractivity contribution in [2.45, 2.75) is 11.8 Å². The lowest BCUT2D eigenvalue weighted by Crippen LogP contribution is -2.29. The van der Waals surface area contributed by atoms with Crippen molar-refractivity contribution in [2.75, 3.05) is 13.1 Å². The first-order valence-corrected chi connectivity index (χ1v) is 7.11.